The first kappa shape index (κ1) is 11.3. The average Bonchev–Trinajstić information content (AvgIpc) is 3.13. The summed E-state index contributed by atoms with van der Waals surface area (Å²) < 4.78 is 5.43. The van der Waals surface area contributed by atoms with Crippen LogP contribution in [0.15, 0.2) is 41.1 Å². The fraction of sp³-hybridized carbons (Fsp3) is 0.357. The Kier molecular flexibility index (Phi) is 3.02. The molecule has 18 heavy (non-hydrogen) atoms. The van der Waals surface area contributed by atoms with Gasteiger partial charge in [0.05, 0.1) is 30.4 Å². The second kappa shape index (κ2) is 4.82. The lowest BCUT2D eigenvalue weighted by molar-refractivity contribution is 0.501. The lowest BCUT2D eigenvalue weighted by Gasteiger charge is -2.23. The Bertz CT molecular complexity index is 488. The summed E-state index contributed by atoms with van der Waals surface area (Å²) in [5.41, 5.74) is 7.63. The Morgan fingerprint density at radius 2 is 2.22 bits per heavy atom. The Morgan fingerprint density at radius 3 is 2.78 bits per heavy atom. The number of aromatic nitrogens is 1. The molecular formula is C14H17N3O. The van der Waals surface area contributed by atoms with E-state index in [2.05, 4.69) is 16.0 Å². The van der Waals surface area contributed by atoms with Gasteiger partial charge in [-0.2, -0.15) is 0 Å². The van der Waals surface area contributed by atoms with Crippen LogP contribution in [0.3, 0.4) is 0 Å². The number of pyridine rings is 1. The maximum absolute atomic E-state index is 5.57. The number of nitrogens with two attached hydrogens (primary N) is 1. The number of hydrogen-bond acceptors (Lipinski definition) is 4. The molecule has 94 valence electrons. The van der Waals surface area contributed by atoms with Gasteiger partial charge in [0.1, 0.15) is 5.76 Å². The first-order valence-electron chi connectivity index (χ1n) is 6.31. The van der Waals surface area contributed by atoms with Crippen LogP contribution in [0.5, 0.6) is 0 Å². The van der Waals surface area contributed by atoms with Crippen molar-refractivity contribution in [2.45, 2.75) is 32.0 Å². The van der Waals surface area contributed by atoms with Crippen molar-refractivity contribution >= 4 is 5.69 Å². The van der Waals surface area contributed by atoms with Crippen molar-refractivity contribution in [1.29, 1.82) is 0 Å². The van der Waals surface area contributed by atoms with E-state index < -0.39 is 0 Å². The van der Waals surface area contributed by atoms with Gasteiger partial charge in [-0.15, -0.1) is 0 Å². The number of furan rings is 1. The normalized spacial score (nSPS) is 14.7. The number of hydrogen-bond donors (Lipinski definition) is 1. The highest BCUT2D eigenvalue weighted by molar-refractivity contribution is 5.47. The highest BCUT2D eigenvalue weighted by Crippen LogP contribution is 2.32. The molecule has 3 rings (SSSR count). The summed E-state index contributed by atoms with van der Waals surface area (Å²) in [6.45, 7) is 1.29. The van der Waals surface area contributed by atoms with Gasteiger partial charge in [0.2, 0.25) is 0 Å². The third kappa shape index (κ3) is 2.38. The average molecular weight is 243 g/mol. The first-order chi connectivity index (χ1) is 8.86. The van der Waals surface area contributed by atoms with Crippen LogP contribution in [0.4, 0.5) is 5.69 Å². The van der Waals surface area contributed by atoms with E-state index >= 15 is 0 Å². The SMILES string of the molecule is NCc1ccc(N(Cc2ccco2)C2CC2)cn1. The summed E-state index contributed by atoms with van der Waals surface area (Å²) in [5, 5.41) is 0. The van der Waals surface area contributed by atoms with Gasteiger partial charge in [0.25, 0.3) is 0 Å². The molecule has 0 saturated heterocycles. The first-order valence-corrected chi connectivity index (χ1v) is 6.31. The van der Waals surface area contributed by atoms with E-state index in [4.69, 9.17) is 10.2 Å². The maximum Gasteiger partial charge on any atom is 0.123 e. The molecule has 1 aliphatic carbocycles. The van der Waals surface area contributed by atoms with Crippen molar-refractivity contribution in [3.8, 4) is 0 Å². The van der Waals surface area contributed by atoms with Crippen molar-refractivity contribution in [2.24, 2.45) is 5.73 Å². The van der Waals surface area contributed by atoms with Crippen LogP contribution < -0.4 is 10.6 Å². The van der Waals surface area contributed by atoms with Crippen molar-refractivity contribution in [2.75, 3.05) is 4.90 Å². The van der Waals surface area contributed by atoms with Gasteiger partial charge in [0, 0.05) is 12.6 Å². The Labute approximate surface area is 106 Å². The topological polar surface area (TPSA) is 55.3 Å². The second-order valence-electron chi connectivity index (χ2n) is 4.65. The van der Waals surface area contributed by atoms with Crippen molar-refractivity contribution < 1.29 is 4.42 Å². The maximum atomic E-state index is 5.57. The molecule has 0 aromatic carbocycles. The lowest BCUT2D eigenvalue weighted by atomic mass is 10.3. The summed E-state index contributed by atoms with van der Waals surface area (Å²) >= 11 is 0. The van der Waals surface area contributed by atoms with E-state index in [0.29, 0.717) is 12.6 Å². The van der Waals surface area contributed by atoms with E-state index in [-0.39, 0.29) is 0 Å². The van der Waals surface area contributed by atoms with Gasteiger partial charge in [-0.25, -0.2) is 0 Å². The molecule has 2 heterocycles. The minimum Gasteiger partial charge on any atom is -0.467 e. The third-order valence-corrected chi connectivity index (χ3v) is 3.24. The molecule has 2 aromatic rings. The minimum absolute atomic E-state index is 0.488. The molecular weight excluding hydrogens is 226 g/mol. The molecule has 0 bridgehead atoms. The van der Waals surface area contributed by atoms with Gasteiger partial charge in [-0.05, 0) is 37.1 Å². The summed E-state index contributed by atoms with van der Waals surface area (Å²) in [4.78, 5) is 6.71. The molecule has 0 radical (unpaired) electrons. The van der Waals surface area contributed by atoms with E-state index in [9.17, 15) is 0 Å². The van der Waals surface area contributed by atoms with Gasteiger partial charge in [0.15, 0.2) is 0 Å². The Morgan fingerprint density at radius 1 is 1.33 bits per heavy atom. The van der Waals surface area contributed by atoms with Gasteiger partial charge in [-0.3, -0.25) is 4.98 Å². The monoisotopic (exact) mass is 243 g/mol. The zero-order chi connectivity index (χ0) is 12.4. The van der Waals surface area contributed by atoms with Crippen LogP contribution in [-0.2, 0) is 13.1 Å². The molecule has 1 saturated carbocycles. The highest BCUT2D eigenvalue weighted by Gasteiger charge is 2.29. The standard InChI is InChI=1S/C14H17N3O/c15-8-11-3-4-13(9-16-11)17(12-5-6-12)10-14-2-1-7-18-14/h1-4,7,9,12H,5-6,8,10,15H2. The summed E-state index contributed by atoms with van der Waals surface area (Å²) in [5.74, 6) is 0.991. The van der Waals surface area contributed by atoms with E-state index in [0.717, 1.165) is 23.7 Å². The summed E-state index contributed by atoms with van der Waals surface area (Å²) in [6, 6.07) is 8.65. The fourth-order valence-electron chi connectivity index (χ4n) is 2.10. The summed E-state index contributed by atoms with van der Waals surface area (Å²) in [6.07, 6.45) is 6.12. The molecule has 2 N–H and O–H groups in total. The van der Waals surface area contributed by atoms with Crippen molar-refractivity contribution in [3.63, 3.8) is 0 Å². The summed E-state index contributed by atoms with van der Waals surface area (Å²) in [7, 11) is 0. The van der Waals surface area contributed by atoms with Crippen LogP contribution in [0.2, 0.25) is 0 Å². The molecule has 4 nitrogen and oxygen atoms in total. The van der Waals surface area contributed by atoms with Crippen LogP contribution in [0.1, 0.15) is 24.3 Å². The van der Waals surface area contributed by atoms with Gasteiger partial charge >= 0.3 is 0 Å². The quantitative estimate of drug-likeness (QED) is 0.875. The van der Waals surface area contributed by atoms with Crippen LogP contribution >= 0.6 is 0 Å². The molecule has 1 aliphatic rings. The van der Waals surface area contributed by atoms with Gasteiger partial charge in [-0.1, -0.05) is 0 Å². The predicted molar refractivity (Wildman–Crippen MR) is 70.0 cm³/mol. The van der Waals surface area contributed by atoms with Crippen molar-refractivity contribution in [1.82, 2.24) is 4.98 Å². The van der Waals surface area contributed by atoms with Crippen LogP contribution in [-0.4, -0.2) is 11.0 Å². The molecule has 1 fully saturated rings. The third-order valence-electron chi connectivity index (χ3n) is 3.24. The Balaban J connectivity index is 1.80. The molecule has 0 amide bonds. The highest BCUT2D eigenvalue weighted by atomic mass is 16.3. The molecule has 0 spiro atoms. The smallest absolute Gasteiger partial charge is 0.123 e. The van der Waals surface area contributed by atoms with E-state index in [1.807, 2.05) is 24.4 Å². The zero-order valence-corrected chi connectivity index (χ0v) is 10.2. The van der Waals surface area contributed by atoms with Gasteiger partial charge < -0.3 is 15.1 Å². The second-order valence-corrected chi connectivity index (χ2v) is 4.65. The number of nitrogens with zero attached hydrogens (tertiary/aromatic N) is 2. The molecule has 2 aromatic heterocycles. The molecule has 0 aliphatic heterocycles. The van der Waals surface area contributed by atoms with Crippen LogP contribution in [0.25, 0.3) is 0 Å². The lowest BCUT2D eigenvalue weighted by Crippen LogP contribution is -2.25. The molecule has 0 atom stereocenters. The number of anilines is 1. The van der Waals surface area contributed by atoms with Crippen molar-refractivity contribution in [3.05, 3.63) is 48.2 Å². The molecule has 4 heteroatoms. The van der Waals surface area contributed by atoms with E-state index in [1.165, 1.54) is 12.8 Å². The predicted octanol–water partition coefficient (Wildman–Crippen LogP) is 2.30. The fourth-order valence-corrected chi connectivity index (χ4v) is 2.10. The largest absolute Gasteiger partial charge is 0.467 e. The zero-order valence-electron chi connectivity index (χ0n) is 10.2. The van der Waals surface area contributed by atoms with Crippen LogP contribution in [0, 0.1) is 0 Å². The number of rotatable bonds is 5. The minimum atomic E-state index is 0.488. The van der Waals surface area contributed by atoms with E-state index in [1.54, 1.807) is 6.26 Å². The Hall–Kier alpha value is -1.81. The molecule has 0 unspecified atom stereocenters.